The highest BCUT2D eigenvalue weighted by Gasteiger charge is 2.17. The summed E-state index contributed by atoms with van der Waals surface area (Å²) < 4.78 is 5.44. The van der Waals surface area contributed by atoms with Gasteiger partial charge in [0.2, 0.25) is 5.91 Å². The number of hydrogen-bond donors (Lipinski definition) is 3. The lowest BCUT2D eigenvalue weighted by atomic mass is 10.0. The van der Waals surface area contributed by atoms with Gasteiger partial charge in [0.05, 0.1) is 25.4 Å². The normalized spacial score (nSPS) is 13.1. The van der Waals surface area contributed by atoms with Crippen molar-refractivity contribution in [2.75, 3.05) is 13.2 Å². The molecule has 2 atom stereocenters. The first kappa shape index (κ1) is 56.8. The number of esters is 1. The summed E-state index contributed by atoms with van der Waals surface area (Å²) in [6.07, 6.45) is 59.7. The van der Waals surface area contributed by atoms with Crippen LogP contribution in [0.25, 0.3) is 0 Å². The van der Waals surface area contributed by atoms with Gasteiger partial charge in [0, 0.05) is 12.8 Å². The number of carbonyl (C=O) groups excluding carboxylic acids is 2. The molecule has 2 unspecified atom stereocenters. The van der Waals surface area contributed by atoms with E-state index < -0.39 is 12.1 Å². The minimum absolute atomic E-state index is 0.0286. The van der Waals surface area contributed by atoms with Crippen LogP contribution in [0.1, 0.15) is 251 Å². The Kier molecular flexibility index (Phi) is 46.7. The Labute approximate surface area is 366 Å². The van der Waals surface area contributed by atoms with Gasteiger partial charge in [-0.3, -0.25) is 9.59 Å². The van der Waals surface area contributed by atoms with Crippen molar-refractivity contribution in [3.8, 4) is 0 Å². The first-order chi connectivity index (χ1) is 29.0. The van der Waals surface area contributed by atoms with Crippen molar-refractivity contribution < 1.29 is 24.5 Å². The molecule has 0 heterocycles. The van der Waals surface area contributed by atoms with E-state index in [1.165, 1.54) is 167 Å². The van der Waals surface area contributed by atoms with Gasteiger partial charge in [-0.2, -0.15) is 0 Å². The highest BCUT2D eigenvalue weighted by molar-refractivity contribution is 5.76. The largest absolute Gasteiger partial charge is 0.466 e. The van der Waals surface area contributed by atoms with Gasteiger partial charge in [-0.1, -0.05) is 210 Å². The Morgan fingerprint density at radius 1 is 0.475 bits per heavy atom. The molecule has 59 heavy (non-hydrogen) atoms. The number of aliphatic hydroxyl groups is 2. The van der Waals surface area contributed by atoms with Crippen LogP contribution in [-0.4, -0.2) is 47.4 Å². The minimum atomic E-state index is -0.880. The first-order valence-electron chi connectivity index (χ1n) is 25.4. The van der Waals surface area contributed by atoms with Crippen LogP contribution in [0.2, 0.25) is 0 Å². The summed E-state index contributed by atoms with van der Waals surface area (Å²) in [7, 11) is 0. The van der Waals surface area contributed by atoms with E-state index in [1.807, 2.05) is 12.2 Å². The quantitative estimate of drug-likeness (QED) is 0.0323. The van der Waals surface area contributed by atoms with Gasteiger partial charge in [0.15, 0.2) is 0 Å². The van der Waals surface area contributed by atoms with E-state index in [1.54, 1.807) is 6.08 Å². The van der Waals surface area contributed by atoms with Crippen molar-refractivity contribution in [3.63, 3.8) is 0 Å². The number of hydrogen-bond acceptors (Lipinski definition) is 5. The zero-order valence-corrected chi connectivity index (χ0v) is 39.0. The third-order valence-electron chi connectivity index (χ3n) is 11.3. The first-order valence-corrected chi connectivity index (χ1v) is 25.4. The maximum absolute atomic E-state index is 12.4. The zero-order chi connectivity index (χ0) is 43.0. The molecular weight excluding hydrogens is 731 g/mol. The van der Waals surface area contributed by atoms with Crippen molar-refractivity contribution in [2.45, 2.75) is 264 Å². The lowest BCUT2D eigenvalue weighted by Gasteiger charge is -2.19. The van der Waals surface area contributed by atoms with Crippen molar-refractivity contribution in [2.24, 2.45) is 0 Å². The van der Waals surface area contributed by atoms with Crippen molar-refractivity contribution in [3.05, 3.63) is 48.6 Å². The Hall–Kier alpha value is -2.18. The molecule has 0 aliphatic heterocycles. The lowest BCUT2D eigenvalue weighted by Crippen LogP contribution is -2.45. The fourth-order valence-electron chi connectivity index (χ4n) is 7.38. The molecule has 344 valence electrons. The molecule has 0 rings (SSSR count). The number of nitrogens with one attached hydrogen (secondary N) is 1. The number of rotatable bonds is 46. The molecule has 0 saturated carbocycles. The van der Waals surface area contributed by atoms with Crippen molar-refractivity contribution in [1.82, 2.24) is 5.32 Å². The van der Waals surface area contributed by atoms with Crippen LogP contribution in [0.3, 0.4) is 0 Å². The van der Waals surface area contributed by atoms with E-state index in [0.717, 1.165) is 51.4 Å². The van der Waals surface area contributed by atoms with Crippen molar-refractivity contribution in [1.29, 1.82) is 0 Å². The summed E-state index contributed by atoms with van der Waals surface area (Å²) in [5.74, 6) is -0.178. The van der Waals surface area contributed by atoms with Crippen LogP contribution in [0.4, 0.5) is 0 Å². The molecule has 0 aromatic heterocycles. The van der Waals surface area contributed by atoms with Crippen LogP contribution >= 0.6 is 0 Å². The minimum Gasteiger partial charge on any atom is -0.466 e. The van der Waals surface area contributed by atoms with Gasteiger partial charge in [-0.05, 0) is 77.0 Å². The predicted molar refractivity (Wildman–Crippen MR) is 255 cm³/mol. The van der Waals surface area contributed by atoms with Gasteiger partial charge >= 0.3 is 5.97 Å². The molecule has 1 amide bonds. The molecule has 0 aromatic rings. The average molecular weight is 828 g/mol. The van der Waals surface area contributed by atoms with Gasteiger partial charge in [-0.15, -0.1) is 0 Å². The molecular formula is C53H97NO5. The fourth-order valence-corrected chi connectivity index (χ4v) is 7.38. The summed E-state index contributed by atoms with van der Waals surface area (Å²) in [6, 6.07) is -0.672. The average Bonchev–Trinajstić information content (AvgIpc) is 3.24. The summed E-state index contributed by atoms with van der Waals surface area (Å²) in [5.41, 5.74) is 0. The van der Waals surface area contributed by atoms with Crippen LogP contribution in [0.5, 0.6) is 0 Å². The number of carbonyl (C=O) groups is 2. The lowest BCUT2D eigenvalue weighted by molar-refractivity contribution is -0.143. The number of amides is 1. The molecule has 0 radical (unpaired) electrons. The van der Waals surface area contributed by atoms with Crippen LogP contribution < -0.4 is 5.32 Å². The maximum atomic E-state index is 12.4. The van der Waals surface area contributed by atoms with Crippen LogP contribution in [0.15, 0.2) is 48.6 Å². The fraction of sp³-hybridized carbons (Fsp3) is 0.811. The molecule has 0 aliphatic carbocycles. The standard InChI is InChI=1S/C53H97NO5/c1-3-5-7-9-11-13-15-17-18-19-22-25-29-33-37-41-45-51(56)50(49-55)54-52(57)46-42-38-34-30-26-23-20-24-28-32-36-40-44-48-59-53(58)47-43-39-35-31-27-21-16-14-12-10-8-6-4-2/h14,16,23,26,34,38,41,45,50-51,55-56H,3-13,15,17-22,24-25,27-33,35-37,39-40,42-44,46-49H2,1-2H3,(H,54,57)/b16-14-,26-23-,38-34-,45-41+. The molecule has 0 saturated heterocycles. The second kappa shape index (κ2) is 48.5. The van der Waals surface area contributed by atoms with Crippen LogP contribution in [-0.2, 0) is 14.3 Å². The zero-order valence-electron chi connectivity index (χ0n) is 39.0. The Morgan fingerprint density at radius 2 is 0.864 bits per heavy atom. The maximum Gasteiger partial charge on any atom is 0.305 e. The molecule has 0 bridgehead atoms. The highest BCUT2D eigenvalue weighted by Crippen LogP contribution is 2.15. The van der Waals surface area contributed by atoms with E-state index in [-0.39, 0.29) is 18.5 Å². The summed E-state index contributed by atoms with van der Waals surface area (Å²) >= 11 is 0. The molecule has 0 aromatic carbocycles. The Balaban J connectivity index is 3.61. The predicted octanol–water partition coefficient (Wildman–Crippen LogP) is 15.1. The second-order valence-electron chi connectivity index (χ2n) is 17.1. The summed E-state index contributed by atoms with van der Waals surface area (Å²) in [4.78, 5) is 24.4. The van der Waals surface area contributed by atoms with E-state index in [4.69, 9.17) is 4.74 Å². The Bertz CT molecular complexity index is 1000. The molecule has 3 N–H and O–H groups in total. The molecule has 6 nitrogen and oxygen atoms in total. The smallest absolute Gasteiger partial charge is 0.305 e. The van der Waals surface area contributed by atoms with E-state index >= 15 is 0 Å². The third kappa shape index (κ3) is 45.2. The second-order valence-corrected chi connectivity index (χ2v) is 17.1. The van der Waals surface area contributed by atoms with E-state index in [2.05, 4.69) is 49.5 Å². The SMILES string of the molecule is CCCCCC/C=C\CCCCCCCC(=O)OCCCCCCCC/C=C\C/C=C\CCC(=O)NC(CO)C(O)/C=C/CCCCCCCCCCCCCCCC. The van der Waals surface area contributed by atoms with Crippen molar-refractivity contribution >= 4 is 11.9 Å². The van der Waals surface area contributed by atoms with Crippen LogP contribution in [0, 0.1) is 0 Å². The van der Waals surface area contributed by atoms with Gasteiger partial charge in [0.25, 0.3) is 0 Å². The molecule has 0 fully saturated rings. The Morgan fingerprint density at radius 3 is 1.36 bits per heavy atom. The monoisotopic (exact) mass is 828 g/mol. The van der Waals surface area contributed by atoms with Gasteiger partial charge < -0.3 is 20.3 Å². The van der Waals surface area contributed by atoms with Gasteiger partial charge in [0.1, 0.15) is 0 Å². The van der Waals surface area contributed by atoms with Gasteiger partial charge in [-0.25, -0.2) is 0 Å². The highest BCUT2D eigenvalue weighted by atomic mass is 16.5. The molecule has 0 aliphatic rings. The molecule has 6 heteroatoms. The summed E-state index contributed by atoms with van der Waals surface area (Å²) in [5, 5.41) is 23.0. The number of unbranched alkanes of at least 4 members (excludes halogenated alkanes) is 29. The molecule has 0 spiro atoms. The number of ether oxygens (including phenoxy) is 1. The number of aliphatic hydroxyl groups excluding tert-OH is 2. The number of allylic oxidation sites excluding steroid dienone is 7. The van der Waals surface area contributed by atoms with E-state index in [9.17, 15) is 19.8 Å². The van der Waals surface area contributed by atoms with E-state index in [0.29, 0.717) is 25.9 Å². The third-order valence-corrected chi connectivity index (χ3v) is 11.3. The topological polar surface area (TPSA) is 95.9 Å². The summed E-state index contributed by atoms with van der Waals surface area (Å²) in [6.45, 7) is 4.81.